The number of rotatable bonds is 6. The van der Waals surface area contributed by atoms with Crippen LogP contribution in [0.5, 0.6) is 5.75 Å². The molecule has 0 saturated heterocycles. The van der Waals surface area contributed by atoms with Gasteiger partial charge in [0.1, 0.15) is 11.8 Å². The van der Waals surface area contributed by atoms with Gasteiger partial charge in [-0.3, -0.25) is 9.78 Å². The summed E-state index contributed by atoms with van der Waals surface area (Å²) < 4.78 is 5.05. The number of carbonyl (C=O) groups is 2. The number of amides is 1. The first kappa shape index (κ1) is 15.5. The second-order valence-electron chi connectivity index (χ2n) is 4.62. The van der Waals surface area contributed by atoms with Crippen molar-refractivity contribution in [2.75, 3.05) is 7.11 Å². The van der Waals surface area contributed by atoms with Gasteiger partial charge in [0, 0.05) is 23.9 Å². The fraction of sp³-hybridized carbons (Fsp3) is 0.188. The molecule has 0 radical (unpaired) electrons. The van der Waals surface area contributed by atoms with E-state index in [9.17, 15) is 14.7 Å². The molecular weight excluding hydrogens is 284 g/mol. The van der Waals surface area contributed by atoms with E-state index in [1.807, 2.05) is 0 Å². The third kappa shape index (κ3) is 4.05. The van der Waals surface area contributed by atoms with Crippen LogP contribution in [0.15, 0.2) is 48.7 Å². The highest BCUT2D eigenvalue weighted by molar-refractivity contribution is 5.96. The molecule has 2 rings (SSSR count). The van der Waals surface area contributed by atoms with Crippen LogP contribution in [0.1, 0.15) is 16.1 Å². The van der Waals surface area contributed by atoms with Gasteiger partial charge in [-0.25, -0.2) is 4.79 Å². The lowest BCUT2D eigenvalue weighted by atomic mass is 10.1. The number of hydrogen-bond donors (Lipinski definition) is 2. The Morgan fingerprint density at radius 2 is 2.09 bits per heavy atom. The summed E-state index contributed by atoms with van der Waals surface area (Å²) in [6, 6.07) is 10.7. The smallest absolute Gasteiger partial charge is 0.326 e. The van der Waals surface area contributed by atoms with E-state index in [-0.39, 0.29) is 6.42 Å². The molecular formula is C16H16N2O4. The summed E-state index contributed by atoms with van der Waals surface area (Å²) in [5.41, 5.74) is 0.937. The Balaban J connectivity index is 2.10. The predicted octanol–water partition coefficient (Wildman–Crippen LogP) is 1.52. The highest BCUT2D eigenvalue weighted by Crippen LogP contribution is 2.12. The van der Waals surface area contributed by atoms with Gasteiger partial charge in [0.05, 0.1) is 7.11 Å². The molecule has 114 valence electrons. The van der Waals surface area contributed by atoms with E-state index in [0.717, 1.165) is 0 Å². The van der Waals surface area contributed by atoms with Crippen molar-refractivity contribution >= 4 is 11.9 Å². The van der Waals surface area contributed by atoms with E-state index < -0.39 is 17.9 Å². The normalized spacial score (nSPS) is 11.5. The Hall–Kier alpha value is -2.89. The number of carboxylic acid groups (broad SMARTS) is 1. The van der Waals surface area contributed by atoms with Gasteiger partial charge in [0.2, 0.25) is 0 Å². The summed E-state index contributed by atoms with van der Waals surface area (Å²) in [5, 5.41) is 11.8. The number of carbonyl (C=O) groups excluding carboxylic acids is 1. The van der Waals surface area contributed by atoms with Crippen LogP contribution in [0.25, 0.3) is 0 Å². The number of ether oxygens (including phenoxy) is 1. The second-order valence-corrected chi connectivity index (χ2v) is 4.62. The maximum absolute atomic E-state index is 12.2. The van der Waals surface area contributed by atoms with Gasteiger partial charge in [0.25, 0.3) is 5.91 Å². The third-order valence-corrected chi connectivity index (χ3v) is 3.07. The van der Waals surface area contributed by atoms with Crippen LogP contribution in [0.2, 0.25) is 0 Å². The zero-order valence-electron chi connectivity index (χ0n) is 12.0. The van der Waals surface area contributed by atoms with Crippen molar-refractivity contribution in [3.63, 3.8) is 0 Å². The molecule has 6 heteroatoms. The van der Waals surface area contributed by atoms with Crippen LogP contribution in [0.3, 0.4) is 0 Å². The van der Waals surface area contributed by atoms with Gasteiger partial charge in [-0.2, -0.15) is 0 Å². The van der Waals surface area contributed by atoms with Gasteiger partial charge in [-0.05, 0) is 30.3 Å². The first-order valence-electron chi connectivity index (χ1n) is 6.68. The first-order valence-corrected chi connectivity index (χ1v) is 6.68. The van der Waals surface area contributed by atoms with E-state index in [1.54, 1.807) is 48.7 Å². The van der Waals surface area contributed by atoms with Crippen LogP contribution in [-0.4, -0.2) is 35.1 Å². The van der Waals surface area contributed by atoms with Crippen LogP contribution in [0, 0.1) is 0 Å². The molecule has 2 N–H and O–H groups in total. The highest BCUT2D eigenvalue weighted by Gasteiger charge is 2.21. The maximum Gasteiger partial charge on any atom is 0.326 e. The molecule has 22 heavy (non-hydrogen) atoms. The number of carboxylic acids is 1. The molecule has 2 aromatic rings. The number of methoxy groups -OCH3 is 1. The van der Waals surface area contributed by atoms with Crippen LogP contribution >= 0.6 is 0 Å². The van der Waals surface area contributed by atoms with Crippen molar-refractivity contribution in [2.24, 2.45) is 0 Å². The lowest BCUT2D eigenvalue weighted by molar-refractivity contribution is -0.139. The number of aliphatic carboxylic acids is 1. The fourth-order valence-corrected chi connectivity index (χ4v) is 1.93. The van der Waals surface area contributed by atoms with Gasteiger partial charge >= 0.3 is 5.97 Å². The predicted molar refractivity (Wildman–Crippen MR) is 79.8 cm³/mol. The minimum atomic E-state index is -1.11. The minimum Gasteiger partial charge on any atom is -0.497 e. The van der Waals surface area contributed by atoms with Gasteiger partial charge in [0.15, 0.2) is 0 Å². The monoisotopic (exact) mass is 300 g/mol. The number of aromatic nitrogens is 1. The van der Waals surface area contributed by atoms with Crippen LogP contribution in [0.4, 0.5) is 0 Å². The zero-order valence-corrected chi connectivity index (χ0v) is 12.0. The SMILES string of the molecule is COc1cccc(C(=O)N[C@@H](Cc2ccccn2)C(=O)O)c1. The first-order chi connectivity index (χ1) is 10.6. The second kappa shape index (κ2) is 7.21. The van der Waals surface area contributed by atoms with Gasteiger partial charge in [-0.15, -0.1) is 0 Å². The molecule has 0 aliphatic rings. The Kier molecular flexibility index (Phi) is 5.08. The number of pyridine rings is 1. The van der Waals surface area contributed by atoms with Crippen molar-refractivity contribution in [3.8, 4) is 5.75 Å². The van der Waals surface area contributed by atoms with E-state index in [4.69, 9.17) is 4.74 Å². The number of nitrogens with one attached hydrogen (secondary N) is 1. The van der Waals surface area contributed by atoms with E-state index >= 15 is 0 Å². The molecule has 1 aromatic carbocycles. The Bertz CT molecular complexity index is 658. The Labute approximate surface area is 127 Å². The van der Waals surface area contributed by atoms with Crippen molar-refractivity contribution in [2.45, 2.75) is 12.5 Å². The summed E-state index contributed by atoms with van der Waals surface area (Å²) in [4.78, 5) is 27.6. The zero-order chi connectivity index (χ0) is 15.9. The Morgan fingerprint density at radius 3 is 2.73 bits per heavy atom. The third-order valence-electron chi connectivity index (χ3n) is 3.07. The molecule has 1 atom stereocenters. The summed E-state index contributed by atoms with van der Waals surface area (Å²) in [5.74, 6) is -1.05. The van der Waals surface area contributed by atoms with E-state index in [1.165, 1.54) is 7.11 Å². The molecule has 1 aromatic heterocycles. The number of benzene rings is 1. The average molecular weight is 300 g/mol. The maximum atomic E-state index is 12.2. The summed E-state index contributed by atoms with van der Waals surface area (Å²) in [6.45, 7) is 0. The molecule has 0 fully saturated rings. The van der Waals surface area contributed by atoms with Gasteiger partial charge in [-0.1, -0.05) is 12.1 Å². The standard InChI is InChI=1S/C16H16N2O4/c1-22-13-7-4-5-11(9-13)15(19)18-14(16(20)21)10-12-6-2-3-8-17-12/h2-9,14H,10H2,1H3,(H,18,19)(H,20,21)/t14-/m0/s1. The molecule has 0 spiro atoms. The summed E-state index contributed by atoms with van der Waals surface area (Å²) in [6.07, 6.45) is 1.70. The van der Waals surface area contributed by atoms with Crippen molar-refractivity contribution in [3.05, 3.63) is 59.9 Å². The lowest BCUT2D eigenvalue weighted by Gasteiger charge is -2.14. The van der Waals surface area contributed by atoms with Gasteiger partial charge < -0.3 is 15.2 Å². The molecule has 0 aliphatic heterocycles. The van der Waals surface area contributed by atoms with Crippen LogP contribution < -0.4 is 10.1 Å². The Morgan fingerprint density at radius 1 is 1.27 bits per heavy atom. The number of hydrogen-bond acceptors (Lipinski definition) is 4. The molecule has 1 heterocycles. The minimum absolute atomic E-state index is 0.117. The van der Waals surface area contributed by atoms with Crippen molar-refractivity contribution in [1.82, 2.24) is 10.3 Å². The summed E-state index contributed by atoms with van der Waals surface area (Å²) in [7, 11) is 1.50. The summed E-state index contributed by atoms with van der Waals surface area (Å²) >= 11 is 0. The molecule has 1 amide bonds. The van der Waals surface area contributed by atoms with Crippen LogP contribution in [-0.2, 0) is 11.2 Å². The van der Waals surface area contributed by atoms with E-state index in [0.29, 0.717) is 17.0 Å². The largest absolute Gasteiger partial charge is 0.497 e. The topological polar surface area (TPSA) is 88.5 Å². The molecule has 0 unspecified atom stereocenters. The number of nitrogens with zero attached hydrogens (tertiary/aromatic N) is 1. The van der Waals surface area contributed by atoms with Crippen molar-refractivity contribution < 1.29 is 19.4 Å². The molecule has 6 nitrogen and oxygen atoms in total. The lowest BCUT2D eigenvalue weighted by Crippen LogP contribution is -2.42. The van der Waals surface area contributed by atoms with Crippen molar-refractivity contribution in [1.29, 1.82) is 0 Å². The quantitative estimate of drug-likeness (QED) is 0.844. The highest BCUT2D eigenvalue weighted by atomic mass is 16.5. The molecule has 0 aliphatic carbocycles. The average Bonchev–Trinajstić information content (AvgIpc) is 2.55. The molecule has 0 saturated carbocycles. The fourth-order valence-electron chi connectivity index (χ4n) is 1.93. The molecule has 0 bridgehead atoms. The van der Waals surface area contributed by atoms with E-state index in [2.05, 4.69) is 10.3 Å².